The van der Waals surface area contributed by atoms with Crippen molar-refractivity contribution < 1.29 is 9.47 Å². The Morgan fingerprint density at radius 1 is 1.05 bits per heavy atom. The first-order valence-corrected chi connectivity index (χ1v) is 8.71. The predicted octanol–water partition coefficient (Wildman–Crippen LogP) is 3.52. The highest BCUT2D eigenvalue weighted by molar-refractivity contribution is 4.83. The normalized spacial score (nSPS) is 34.5. The van der Waals surface area contributed by atoms with Crippen LogP contribution in [0.15, 0.2) is 0 Å². The van der Waals surface area contributed by atoms with Gasteiger partial charge in [-0.1, -0.05) is 13.3 Å². The number of ether oxygens (including phenoxy) is 2. The van der Waals surface area contributed by atoms with Crippen molar-refractivity contribution in [3.05, 3.63) is 0 Å². The summed E-state index contributed by atoms with van der Waals surface area (Å²) in [7, 11) is 1.83. The molecule has 0 aliphatic heterocycles. The zero-order chi connectivity index (χ0) is 14.2. The molecule has 0 spiro atoms. The fourth-order valence-electron chi connectivity index (χ4n) is 3.83. The van der Waals surface area contributed by atoms with Gasteiger partial charge in [0.2, 0.25) is 0 Å². The van der Waals surface area contributed by atoms with Crippen LogP contribution < -0.4 is 5.32 Å². The molecule has 0 radical (unpaired) electrons. The molecule has 118 valence electrons. The van der Waals surface area contributed by atoms with Crippen molar-refractivity contribution in [3.63, 3.8) is 0 Å². The summed E-state index contributed by atoms with van der Waals surface area (Å²) in [5, 5.41) is 3.71. The van der Waals surface area contributed by atoms with Crippen LogP contribution in [0.2, 0.25) is 0 Å². The summed E-state index contributed by atoms with van der Waals surface area (Å²) in [5.41, 5.74) is 0. The second-order valence-electron chi connectivity index (χ2n) is 6.56. The lowest BCUT2D eigenvalue weighted by molar-refractivity contribution is -0.0330. The first-order valence-electron chi connectivity index (χ1n) is 8.71. The van der Waals surface area contributed by atoms with E-state index in [0.717, 1.165) is 25.0 Å². The number of hydrogen-bond donors (Lipinski definition) is 1. The van der Waals surface area contributed by atoms with Crippen LogP contribution >= 0.6 is 0 Å². The highest BCUT2D eigenvalue weighted by Crippen LogP contribution is 2.29. The summed E-state index contributed by atoms with van der Waals surface area (Å²) in [6.07, 6.45) is 12.3. The molecule has 4 unspecified atom stereocenters. The topological polar surface area (TPSA) is 30.5 Å². The van der Waals surface area contributed by atoms with Crippen LogP contribution in [0.5, 0.6) is 0 Å². The van der Waals surface area contributed by atoms with Gasteiger partial charge in [-0.2, -0.15) is 0 Å². The van der Waals surface area contributed by atoms with Crippen molar-refractivity contribution in [1.82, 2.24) is 5.32 Å². The second kappa shape index (κ2) is 9.01. The summed E-state index contributed by atoms with van der Waals surface area (Å²) in [6.45, 7) is 4.35. The Kier molecular flexibility index (Phi) is 7.32. The minimum atomic E-state index is 0.430. The Morgan fingerprint density at radius 3 is 2.65 bits per heavy atom. The molecular weight excluding hydrogens is 250 g/mol. The van der Waals surface area contributed by atoms with Crippen LogP contribution in [0.3, 0.4) is 0 Å². The fourth-order valence-corrected chi connectivity index (χ4v) is 3.83. The molecule has 1 N–H and O–H groups in total. The average molecular weight is 283 g/mol. The van der Waals surface area contributed by atoms with Gasteiger partial charge in [-0.05, 0) is 63.8 Å². The van der Waals surface area contributed by atoms with Gasteiger partial charge >= 0.3 is 0 Å². The smallest absolute Gasteiger partial charge is 0.0599 e. The van der Waals surface area contributed by atoms with Gasteiger partial charge in [-0.3, -0.25) is 0 Å². The molecule has 0 bridgehead atoms. The van der Waals surface area contributed by atoms with E-state index in [2.05, 4.69) is 12.2 Å². The van der Waals surface area contributed by atoms with E-state index >= 15 is 0 Å². The molecule has 2 fully saturated rings. The van der Waals surface area contributed by atoms with E-state index in [1.165, 1.54) is 57.9 Å². The lowest BCUT2D eigenvalue weighted by Gasteiger charge is -2.29. The summed E-state index contributed by atoms with van der Waals surface area (Å²) >= 11 is 0. The van der Waals surface area contributed by atoms with Gasteiger partial charge < -0.3 is 14.8 Å². The molecule has 0 aromatic heterocycles. The molecule has 2 aliphatic rings. The lowest BCUT2D eigenvalue weighted by atomic mass is 9.94. The number of methoxy groups -OCH3 is 1. The van der Waals surface area contributed by atoms with E-state index in [0.29, 0.717) is 12.2 Å². The van der Waals surface area contributed by atoms with E-state index in [1.807, 2.05) is 7.11 Å². The Morgan fingerprint density at radius 2 is 1.85 bits per heavy atom. The molecule has 0 heterocycles. The molecule has 0 aromatic carbocycles. The largest absolute Gasteiger partial charge is 0.381 e. The van der Waals surface area contributed by atoms with Crippen molar-refractivity contribution in [3.8, 4) is 0 Å². The van der Waals surface area contributed by atoms with Crippen molar-refractivity contribution in [2.24, 2.45) is 5.92 Å². The second-order valence-corrected chi connectivity index (χ2v) is 6.56. The highest BCUT2D eigenvalue weighted by atomic mass is 16.5. The Bertz CT molecular complexity index is 259. The quantitative estimate of drug-likeness (QED) is 0.739. The Labute approximate surface area is 124 Å². The molecule has 0 aromatic rings. The van der Waals surface area contributed by atoms with Gasteiger partial charge in [0.25, 0.3) is 0 Å². The van der Waals surface area contributed by atoms with Crippen molar-refractivity contribution in [2.75, 3.05) is 20.3 Å². The van der Waals surface area contributed by atoms with Crippen LogP contribution in [-0.4, -0.2) is 38.5 Å². The minimum absolute atomic E-state index is 0.430. The highest BCUT2D eigenvalue weighted by Gasteiger charge is 2.27. The van der Waals surface area contributed by atoms with Crippen molar-refractivity contribution in [2.45, 2.75) is 83.0 Å². The van der Waals surface area contributed by atoms with Crippen LogP contribution in [0.1, 0.15) is 64.7 Å². The molecule has 3 nitrogen and oxygen atoms in total. The predicted molar refractivity (Wildman–Crippen MR) is 83.0 cm³/mol. The molecule has 2 saturated carbocycles. The van der Waals surface area contributed by atoms with Crippen LogP contribution in [-0.2, 0) is 9.47 Å². The first-order chi connectivity index (χ1) is 9.83. The lowest BCUT2D eigenvalue weighted by Crippen LogP contribution is -2.34. The fraction of sp³-hybridized carbons (Fsp3) is 1.00. The maximum Gasteiger partial charge on any atom is 0.0599 e. The number of hydrogen-bond acceptors (Lipinski definition) is 3. The standard InChI is InChI=1S/C17H33NO2/c1-3-11-18-17-9-4-6-14(17)10-12-20-16-8-5-7-15(13-16)19-2/h14-18H,3-13H2,1-2H3. The Balaban J connectivity index is 1.62. The molecule has 2 rings (SSSR count). The van der Waals surface area contributed by atoms with E-state index < -0.39 is 0 Å². The Hall–Kier alpha value is -0.120. The summed E-state index contributed by atoms with van der Waals surface area (Å²) in [5.74, 6) is 0.836. The van der Waals surface area contributed by atoms with E-state index in [1.54, 1.807) is 0 Å². The zero-order valence-electron chi connectivity index (χ0n) is 13.4. The van der Waals surface area contributed by atoms with Crippen LogP contribution in [0, 0.1) is 5.92 Å². The maximum absolute atomic E-state index is 6.12. The molecule has 3 heteroatoms. The number of nitrogens with one attached hydrogen (secondary N) is 1. The molecule has 0 amide bonds. The van der Waals surface area contributed by atoms with Gasteiger partial charge in [0.1, 0.15) is 0 Å². The summed E-state index contributed by atoms with van der Waals surface area (Å²) in [6, 6.07) is 0.747. The van der Waals surface area contributed by atoms with E-state index in [9.17, 15) is 0 Å². The third-order valence-corrected chi connectivity index (χ3v) is 5.07. The molecule has 4 atom stereocenters. The molecule has 0 saturated heterocycles. The van der Waals surface area contributed by atoms with Crippen molar-refractivity contribution >= 4 is 0 Å². The van der Waals surface area contributed by atoms with Crippen molar-refractivity contribution in [1.29, 1.82) is 0 Å². The monoisotopic (exact) mass is 283 g/mol. The molecular formula is C17H33NO2. The minimum Gasteiger partial charge on any atom is -0.381 e. The number of rotatable bonds is 8. The third-order valence-electron chi connectivity index (χ3n) is 5.07. The third kappa shape index (κ3) is 5.01. The van der Waals surface area contributed by atoms with Gasteiger partial charge in [0.15, 0.2) is 0 Å². The zero-order valence-corrected chi connectivity index (χ0v) is 13.4. The first kappa shape index (κ1) is 16.3. The SMILES string of the molecule is CCCNC1CCCC1CCOC1CCCC(OC)C1. The molecule has 20 heavy (non-hydrogen) atoms. The van der Waals surface area contributed by atoms with E-state index in [-0.39, 0.29) is 0 Å². The van der Waals surface area contributed by atoms with E-state index in [4.69, 9.17) is 9.47 Å². The van der Waals surface area contributed by atoms with Crippen LogP contribution in [0.4, 0.5) is 0 Å². The maximum atomic E-state index is 6.12. The van der Waals surface area contributed by atoms with Gasteiger partial charge in [-0.15, -0.1) is 0 Å². The van der Waals surface area contributed by atoms with Crippen LogP contribution in [0.25, 0.3) is 0 Å². The van der Waals surface area contributed by atoms with Gasteiger partial charge in [0, 0.05) is 19.8 Å². The average Bonchev–Trinajstić information content (AvgIpc) is 2.93. The summed E-state index contributed by atoms with van der Waals surface area (Å²) < 4.78 is 11.6. The summed E-state index contributed by atoms with van der Waals surface area (Å²) in [4.78, 5) is 0. The van der Waals surface area contributed by atoms with Gasteiger partial charge in [0.05, 0.1) is 12.2 Å². The van der Waals surface area contributed by atoms with Gasteiger partial charge in [-0.25, -0.2) is 0 Å². The molecule has 2 aliphatic carbocycles.